The van der Waals surface area contributed by atoms with E-state index in [0.29, 0.717) is 12.2 Å². The summed E-state index contributed by atoms with van der Waals surface area (Å²) in [5.74, 6) is 0.306. The van der Waals surface area contributed by atoms with Crippen molar-refractivity contribution in [3.8, 4) is 11.5 Å². The van der Waals surface area contributed by atoms with Gasteiger partial charge in [0.15, 0.2) is 5.78 Å². The normalized spacial score (nSPS) is 23.0. The fraction of sp³-hybridized carbons (Fsp3) is 0.400. The minimum atomic E-state index is -0.592. The van der Waals surface area contributed by atoms with Crippen LogP contribution in [-0.2, 0) is 11.2 Å². The van der Waals surface area contributed by atoms with Crippen LogP contribution >= 0.6 is 0 Å². The summed E-state index contributed by atoms with van der Waals surface area (Å²) in [4.78, 5) is 13.0. The van der Waals surface area contributed by atoms with Crippen LogP contribution in [0.5, 0.6) is 11.5 Å². The number of hydrogen-bond acceptors (Lipinski definition) is 6. The Labute approximate surface area is 186 Å². The Kier molecular flexibility index (Phi) is 7.56. The van der Waals surface area contributed by atoms with Crippen molar-refractivity contribution < 1.29 is 34.4 Å². The van der Waals surface area contributed by atoms with Crippen LogP contribution in [0.3, 0.4) is 0 Å². The predicted molar refractivity (Wildman–Crippen MR) is 120 cm³/mol. The van der Waals surface area contributed by atoms with E-state index in [1.165, 1.54) is 6.07 Å². The highest BCUT2D eigenvalue weighted by Gasteiger charge is 2.35. The van der Waals surface area contributed by atoms with E-state index in [4.69, 9.17) is 13.9 Å². The molecular weight excluding hydrogens is 412 g/mol. The molecule has 1 aromatic heterocycles. The second-order valence-corrected chi connectivity index (χ2v) is 8.40. The molecule has 0 radical (unpaired) electrons. The molecule has 4 unspecified atom stereocenters. The van der Waals surface area contributed by atoms with Crippen molar-refractivity contribution in [3.05, 3.63) is 59.9 Å². The largest absolute Gasteiger partial charge is 0.507 e. The average Bonchev–Trinajstić information content (AvgIpc) is 3.22. The molecule has 7 heteroatoms. The Morgan fingerprint density at radius 3 is 2.75 bits per heavy atom. The Morgan fingerprint density at radius 2 is 1.97 bits per heavy atom. The molecule has 0 bridgehead atoms. The van der Waals surface area contributed by atoms with Gasteiger partial charge in [0.25, 0.3) is 0 Å². The number of carbonyl (C=O) groups excluding carboxylic acids is 1. The molecule has 0 amide bonds. The van der Waals surface area contributed by atoms with E-state index in [9.17, 15) is 15.0 Å². The summed E-state index contributed by atoms with van der Waals surface area (Å²) in [5, 5.41) is 21.0. The first-order valence-electron chi connectivity index (χ1n) is 10.7. The molecule has 4 rings (SSSR count). The highest BCUT2D eigenvalue weighted by molar-refractivity contribution is 6.01. The molecule has 4 atom stereocenters. The van der Waals surface area contributed by atoms with E-state index in [0.717, 1.165) is 23.0 Å². The zero-order chi connectivity index (χ0) is 22.0. The minimum absolute atomic E-state index is 0. The number of furan rings is 1. The Hall–Kier alpha value is -2.87. The molecule has 0 spiro atoms. The maximum Gasteiger partial charge on any atom is 0.202 e. The van der Waals surface area contributed by atoms with Gasteiger partial charge in [0.1, 0.15) is 22.6 Å². The van der Waals surface area contributed by atoms with Crippen LogP contribution in [0.25, 0.3) is 11.0 Å². The van der Waals surface area contributed by atoms with E-state index in [1.807, 2.05) is 38.1 Å². The fourth-order valence-corrected chi connectivity index (χ4v) is 4.23. The lowest BCUT2D eigenvalue weighted by Gasteiger charge is -2.38. The van der Waals surface area contributed by atoms with Gasteiger partial charge in [-0.3, -0.25) is 4.79 Å². The third kappa shape index (κ3) is 4.96. The third-order valence-corrected chi connectivity index (χ3v) is 6.02. The van der Waals surface area contributed by atoms with Crippen LogP contribution in [0.2, 0.25) is 0 Å². The summed E-state index contributed by atoms with van der Waals surface area (Å²) in [7, 11) is 0. The third-order valence-electron chi connectivity index (χ3n) is 6.02. The summed E-state index contributed by atoms with van der Waals surface area (Å²) in [6.45, 7) is 3.98. The number of hydrogen-bond donors (Lipinski definition) is 2. The molecule has 2 heterocycles. The molecule has 2 aromatic carbocycles. The Morgan fingerprint density at radius 1 is 1.16 bits per heavy atom. The van der Waals surface area contributed by atoms with Crippen LogP contribution in [0.1, 0.15) is 42.6 Å². The first-order chi connectivity index (χ1) is 15.0. The van der Waals surface area contributed by atoms with E-state index < -0.39 is 6.29 Å². The molecule has 32 heavy (non-hydrogen) atoms. The van der Waals surface area contributed by atoms with Crippen molar-refractivity contribution in [2.75, 3.05) is 6.61 Å². The zero-order valence-corrected chi connectivity index (χ0v) is 18.3. The molecule has 7 nitrogen and oxygen atoms in total. The molecular formula is C25H30O7. The van der Waals surface area contributed by atoms with Gasteiger partial charge >= 0.3 is 0 Å². The van der Waals surface area contributed by atoms with Crippen molar-refractivity contribution in [1.29, 1.82) is 0 Å². The van der Waals surface area contributed by atoms with E-state index in [2.05, 4.69) is 0 Å². The van der Waals surface area contributed by atoms with Gasteiger partial charge < -0.3 is 29.6 Å². The predicted octanol–water partition coefficient (Wildman–Crippen LogP) is 3.89. The van der Waals surface area contributed by atoms with Crippen LogP contribution in [0, 0.1) is 11.8 Å². The Balaban J connectivity index is 0.00000289. The molecule has 1 aliphatic heterocycles. The van der Waals surface area contributed by atoms with Crippen molar-refractivity contribution >= 4 is 16.8 Å². The van der Waals surface area contributed by atoms with Gasteiger partial charge in [-0.25, -0.2) is 0 Å². The first-order valence-corrected chi connectivity index (χ1v) is 10.7. The van der Waals surface area contributed by atoms with Crippen LogP contribution < -0.4 is 4.74 Å². The van der Waals surface area contributed by atoms with Crippen molar-refractivity contribution in [2.24, 2.45) is 11.8 Å². The number of benzene rings is 2. The lowest BCUT2D eigenvalue weighted by Crippen LogP contribution is -2.44. The van der Waals surface area contributed by atoms with Crippen molar-refractivity contribution in [3.63, 3.8) is 0 Å². The highest BCUT2D eigenvalue weighted by Crippen LogP contribution is 2.35. The smallest absolute Gasteiger partial charge is 0.202 e. The topological polar surface area (TPSA) is 121 Å². The second-order valence-electron chi connectivity index (χ2n) is 8.40. The number of fused-ring (bicyclic) bond motifs is 1. The number of aryl methyl sites for hydroxylation is 1. The van der Waals surface area contributed by atoms with Gasteiger partial charge in [0, 0.05) is 17.7 Å². The molecule has 0 aliphatic carbocycles. The van der Waals surface area contributed by atoms with E-state index in [-0.39, 0.29) is 53.5 Å². The lowest BCUT2D eigenvalue weighted by atomic mass is 9.89. The second kappa shape index (κ2) is 10.2. The maximum absolute atomic E-state index is 13.0. The summed E-state index contributed by atoms with van der Waals surface area (Å²) >= 11 is 0. The molecule has 1 aliphatic rings. The van der Waals surface area contributed by atoms with Crippen LogP contribution in [0.15, 0.2) is 53.1 Å². The number of rotatable bonds is 7. The Bertz CT molecular complexity index is 1060. The highest BCUT2D eigenvalue weighted by atomic mass is 16.7. The number of ketones is 1. The van der Waals surface area contributed by atoms with Gasteiger partial charge in [-0.1, -0.05) is 26.0 Å². The summed E-state index contributed by atoms with van der Waals surface area (Å²) < 4.78 is 17.3. The first kappa shape index (κ1) is 23.8. The standard InChI is InChI=1S/C25H28O6.H2O/c1-15-12-16(2)25(31-23(15)14-26)30-22-5-3-4-19(27)24(22)20(28)8-6-17-7-9-21-18(13-17)10-11-29-21;/h3-5,7,9-11,13,15-16,23,25-27H,6,8,12,14H2,1-2H3;1H2. The quantitative estimate of drug-likeness (QED) is 0.536. The molecule has 1 saturated heterocycles. The van der Waals surface area contributed by atoms with Crippen molar-refractivity contribution in [2.45, 2.75) is 45.5 Å². The number of aromatic hydroxyl groups is 1. The minimum Gasteiger partial charge on any atom is -0.507 e. The summed E-state index contributed by atoms with van der Waals surface area (Å²) in [6, 6.07) is 12.5. The maximum atomic E-state index is 13.0. The van der Waals surface area contributed by atoms with Crippen LogP contribution in [0.4, 0.5) is 0 Å². The van der Waals surface area contributed by atoms with Crippen molar-refractivity contribution in [1.82, 2.24) is 0 Å². The number of phenols is 1. The number of aliphatic hydroxyl groups is 1. The number of carbonyl (C=O) groups is 1. The van der Waals surface area contributed by atoms with Gasteiger partial charge in [0.05, 0.1) is 19.0 Å². The average molecular weight is 443 g/mol. The molecule has 0 saturated carbocycles. The number of aliphatic hydroxyl groups excluding tert-OH is 1. The fourth-order valence-electron chi connectivity index (χ4n) is 4.23. The molecule has 4 N–H and O–H groups in total. The van der Waals surface area contributed by atoms with E-state index in [1.54, 1.807) is 18.4 Å². The van der Waals surface area contributed by atoms with Gasteiger partial charge in [-0.2, -0.15) is 0 Å². The summed E-state index contributed by atoms with van der Waals surface area (Å²) in [6.07, 6.45) is 2.35. The van der Waals surface area contributed by atoms with Crippen LogP contribution in [-0.4, -0.2) is 40.5 Å². The molecule has 172 valence electrons. The number of ether oxygens (including phenoxy) is 2. The zero-order valence-electron chi connectivity index (χ0n) is 18.3. The van der Waals surface area contributed by atoms with E-state index >= 15 is 0 Å². The number of Topliss-reactive ketones (excluding diaryl/α,β-unsaturated/α-hetero) is 1. The monoisotopic (exact) mass is 442 g/mol. The summed E-state index contributed by atoms with van der Waals surface area (Å²) in [5.41, 5.74) is 1.99. The molecule has 1 fully saturated rings. The lowest BCUT2D eigenvalue weighted by molar-refractivity contribution is -0.201. The SMILES string of the molecule is CC1CC(C)C(Oc2cccc(O)c2C(=O)CCc2ccc3occc3c2)OC1CO.O. The number of phenolic OH excluding ortho intramolecular Hbond substituents is 1. The van der Waals surface area contributed by atoms with Gasteiger partial charge in [-0.05, 0) is 54.7 Å². The van der Waals surface area contributed by atoms with Gasteiger partial charge in [-0.15, -0.1) is 0 Å². The van der Waals surface area contributed by atoms with Gasteiger partial charge in [0.2, 0.25) is 6.29 Å². The molecule has 3 aromatic rings.